The maximum absolute atomic E-state index is 13.0. The van der Waals surface area contributed by atoms with Crippen LogP contribution in [0.15, 0.2) is 60.7 Å². The van der Waals surface area contributed by atoms with E-state index >= 15 is 0 Å². The van der Waals surface area contributed by atoms with E-state index in [0.29, 0.717) is 19.1 Å². The summed E-state index contributed by atoms with van der Waals surface area (Å²) in [5, 5.41) is 3.37. The molecule has 0 unspecified atom stereocenters. The lowest BCUT2D eigenvalue weighted by atomic mass is 10.1. The number of para-hydroxylation sites is 1. The Balaban J connectivity index is 1.77. The number of hydrogen-bond donors (Lipinski definition) is 1. The number of benzene rings is 2. The molecule has 1 N–H and O–H groups in total. The second kappa shape index (κ2) is 8.08. The molecule has 3 rings (SSSR count). The molecule has 0 aromatic heterocycles. The van der Waals surface area contributed by atoms with E-state index in [2.05, 4.69) is 29.3 Å². The topological polar surface area (TPSA) is 35.6 Å². The highest BCUT2D eigenvalue weighted by atomic mass is 16.2. The van der Waals surface area contributed by atoms with Crippen LogP contribution in [-0.2, 0) is 11.3 Å². The first-order chi connectivity index (χ1) is 11.7. The van der Waals surface area contributed by atoms with Crippen molar-refractivity contribution in [3.63, 3.8) is 0 Å². The number of amides is 1. The Bertz CT molecular complexity index is 644. The highest BCUT2D eigenvalue weighted by molar-refractivity contribution is 5.94. The number of rotatable bonds is 5. The Kier molecular flexibility index (Phi) is 5.62. The van der Waals surface area contributed by atoms with Gasteiger partial charge >= 0.3 is 0 Å². The summed E-state index contributed by atoms with van der Waals surface area (Å²) in [6.45, 7) is 6.04. The molecule has 24 heavy (non-hydrogen) atoms. The second-order valence-electron chi connectivity index (χ2n) is 6.32. The van der Waals surface area contributed by atoms with Gasteiger partial charge in [0.15, 0.2) is 0 Å². The molecule has 4 nitrogen and oxygen atoms in total. The van der Waals surface area contributed by atoms with Gasteiger partial charge in [0.05, 0.1) is 13.1 Å². The van der Waals surface area contributed by atoms with Gasteiger partial charge < -0.3 is 10.2 Å². The van der Waals surface area contributed by atoms with Crippen LogP contribution in [0.1, 0.15) is 12.5 Å². The molecule has 0 spiro atoms. The fraction of sp³-hybridized carbons (Fsp3) is 0.350. The number of carbonyl (C=O) groups is 1. The summed E-state index contributed by atoms with van der Waals surface area (Å²) in [5.74, 6) is 0.152. The zero-order chi connectivity index (χ0) is 16.8. The Morgan fingerprint density at radius 1 is 1.12 bits per heavy atom. The average molecular weight is 323 g/mol. The van der Waals surface area contributed by atoms with E-state index in [-0.39, 0.29) is 5.91 Å². The van der Waals surface area contributed by atoms with Crippen molar-refractivity contribution in [3.8, 4) is 0 Å². The summed E-state index contributed by atoms with van der Waals surface area (Å²) in [7, 11) is 0. The van der Waals surface area contributed by atoms with Gasteiger partial charge in [-0.3, -0.25) is 9.69 Å². The maximum atomic E-state index is 13.0. The van der Waals surface area contributed by atoms with E-state index in [1.54, 1.807) is 0 Å². The Morgan fingerprint density at radius 3 is 2.46 bits per heavy atom. The zero-order valence-corrected chi connectivity index (χ0v) is 14.2. The lowest BCUT2D eigenvalue weighted by molar-refractivity contribution is -0.120. The molecule has 1 atom stereocenters. The molecule has 126 valence electrons. The quantitative estimate of drug-likeness (QED) is 0.918. The summed E-state index contributed by atoms with van der Waals surface area (Å²) < 4.78 is 0. The van der Waals surface area contributed by atoms with Crippen molar-refractivity contribution in [3.05, 3.63) is 66.2 Å². The number of carbonyl (C=O) groups excluding carboxylic acids is 1. The van der Waals surface area contributed by atoms with Crippen molar-refractivity contribution in [2.24, 2.45) is 0 Å². The van der Waals surface area contributed by atoms with Crippen molar-refractivity contribution < 1.29 is 4.79 Å². The number of hydrogen-bond acceptors (Lipinski definition) is 3. The van der Waals surface area contributed by atoms with Crippen molar-refractivity contribution in [1.29, 1.82) is 0 Å². The largest absolute Gasteiger partial charge is 0.314 e. The van der Waals surface area contributed by atoms with Gasteiger partial charge in [-0.15, -0.1) is 0 Å². The molecule has 1 amide bonds. The van der Waals surface area contributed by atoms with Crippen LogP contribution in [0.4, 0.5) is 5.69 Å². The van der Waals surface area contributed by atoms with Crippen LogP contribution in [0, 0.1) is 0 Å². The molecular weight excluding hydrogens is 298 g/mol. The van der Waals surface area contributed by atoms with E-state index in [9.17, 15) is 4.79 Å². The molecule has 0 saturated carbocycles. The standard InChI is InChI=1S/C20H25N3O/c1-17-14-21-12-13-22(17)16-20(24)23(19-10-6-3-7-11-19)15-18-8-4-2-5-9-18/h2-11,17,21H,12-16H2,1H3/t17-/m0/s1. The summed E-state index contributed by atoms with van der Waals surface area (Å²) >= 11 is 0. The number of piperazine rings is 1. The lowest BCUT2D eigenvalue weighted by Gasteiger charge is -2.35. The monoisotopic (exact) mass is 323 g/mol. The summed E-state index contributed by atoms with van der Waals surface area (Å²) in [6.07, 6.45) is 0. The fourth-order valence-corrected chi connectivity index (χ4v) is 3.07. The van der Waals surface area contributed by atoms with Gasteiger partial charge in [0.1, 0.15) is 0 Å². The molecule has 1 saturated heterocycles. The predicted molar refractivity (Wildman–Crippen MR) is 98.0 cm³/mol. The van der Waals surface area contributed by atoms with Crippen molar-refractivity contribution in [2.45, 2.75) is 19.5 Å². The van der Waals surface area contributed by atoms with Crippen LogP contribution in [0.25, 0.3) is 0 Å². The molecule has 0 aliphatic carbocycles. The average Bonchev–Trinajstić information content (AvgIpc) is 2.63. The smallest absolute Gasteiger partial charge is 0.241 e. The van der Waals surface area contributed by atoms with E-state index in [0.717, 1.165) is 30.9 Å². The summed E-state index contributed by atoms with van der Waals surface area (Å²) in [5.41, 5.74) is 2.09. The van der Waals surface area contributed by atoms with Crippen molar-refractivity contribution >= 4 is 11.6 Å². The fourth-order valence-electron chi connectivity index (χ4n) is 3.07. The highest BCUT2D eigenvalue weighted by Crippen LogP contribution is 2.18. The van der Waals surface area contributed by atoms with E-state index in [4.69, 9.17) is 0 Å². The van der Waals surface area contributed by atoms with E-state index in [1.165, 1.54) is 0 Å². The molecule has 2 aromatic rings. The first-order valence-electron chi connectivity index (χ1n) is 8.58. The van der Waals surface area contributed by atoms with Crippen LogP contribution < -0.4 is 10.2 Å². The van der Waals surface area contributed by atoms with Gasteiger partial charge in [-0.05, 0) is 24.6 Å². The van der Waals surface area contributed by atoms with Crippen LogP contribution >= 0.6 is 0 Å². The van der Waals surface area contributed by atoms with Gasteiger partial charge in [0.2, 0.25) is 5.91 Å². The molecule has 1 fully saturated rings. The third-order valence-electron chi connectivity index (χ3n) is 4.53. The van der Waals surface area contributed by atoms with E-state index < -0.39 is 0 Å². The van der Waals surface area contributed by atoms with Gasteiger partial charge in [0, 0.05) is 31.4 Å². The van der Waals surface area contributed by atoms with E-state index in [1.807, 2.05) is 53.4 Å². The molecule has 1 aliphatic heterocycles. The molecule has 1 aliphatic rings. The van der Waals surface area contributed by atoms with Gasteiger partial charge in [-0.1, -0.05) is 48.5 Å². The Morgan fingerprint density at radius 2 is 1.79 bits per heavy atom. The SMILES string of the molecule is C[C@H]1CNCCN1CC(=O)N(Cc1ccccc1)c1ccccc1. The Hall–Kier alpha value is -2.17. The lowest BCUT2D eigenvalue weighted by Crippen LogP contribution is -2.53. The zero-order valence-electron chi connectivity index (χ0n) is 14.2. The number of nitrogens with zero attached hydrogens (tertiary/aromatic N) is 2. The van der Waals surface area contributed by atoms with Crippen molar-refractivity contribution in [1.82, 2.24) is 10.2 Å². The number of nitrogens with one attached hydrogen (secondary N) is 1. The van der Waals surface area contributed by atoms with Crippen molar-refractivity contribution in [2.75, 3.05) is 31.1 Å². The summed E-state index contributed by atoms with van der Waals surface area (Å²) in [4.78, 5) is 17.2. The van der Waals surface area contributed by atoms with Crippen LogP contribution in [-0.4, -0.2) is 43.0 Å². The molecule has 0 bridgehead atoms. The highest BCUT2D eigenvalue weighted by Gasteiger charge is 2.24. The van der Waals surface area contributed by atoms with Gasteiger partial charge in [0.25, 0.3) is 0 Å². The minimum Gasteiger partial charge on any atom is -0.314 e. The molecule has 4 heteroatoms. The second-order valence-corrected chi connectivity index (χ2v) is 6.32. The normalized spacial score (nSPS) is 18.3. The van der Waals surface area contributed by atoms with Crippen LogP contribution in [0.5, 0.6) is 0 Å². The minimum atomic E-state index is 0.152. The molecule has 1 heterocycles. The van der Waals surface area contributed by atoms with Gasteiger partial charge in [-0.2, -0.15) is 0 Å². The number of anilines is 1. The first kappa shape index (κ1) is 16.7. The molecule has 0 radical (unpaired) electrons. The van der Waals surface area contributed by atoms with Crippen LogP contribution in [0.3, 0.4) is 0 Å². The third kappa shape index (κ3) is 4.22. The molecule has 2 aromatic carbocycles. The Labute approximate surface area is 144 Å². The minimum absolute atomic E-state index is 0.152. The first-order valence-corrected chi connectivity index (χ1v) is 8.58. The molecular formula is C20H25N3O. The summed E-state index contributed by atoms with van der Waals surface area (Å²) in [6, 6.07) is 20.5. The predicted octanol–water partition coefficient (Wildman–Crippen LogP) is 2.51. The van der Waals surface area contributed by atoms with Crippen LogP contribution in [0.2, 0.25) is 0 Å². The third-order valence-corrected chi connectivity index (χ3v) is 4.53. The maximum Gasteiger partial charge on any atom is 0.241 e. The van der Waals surface area contributed by atoms with Gasteiger partial charge in [-0.25, -0.2) is 0 Å².